The molecule has 116 valence electrons. The minimum Gasteiger partial charge on any atom is -0.313 e. The van der Waals surface area contributed by atoms with Crippen LogP contribution in [0.2, 0.25) is 0 Å². The van der Waals surface area contributed by atoms with E-state index in [1.807, 2.05) is 0 Å². The lowest BCUT2D eigenvalue weighted by molar-refractivity contribution is 0.158. The van der Waals surface area contributed by atoms with E-state index in [9.17, 15) is 0 Å². The fraction of sp³-hybridized carbons (Fsp3) is 0.684. The van der Waals surface area contributed by atoms with Crippen LogP contribution in [-0.4, -0.2) is 30.6 Å². The lowest BCUT2D eigenvalue weighted by Gasteiger charge is -2.42. The van der Waals surface area contributed by atoms with Gasteiger partial charge in [-0.15, -0.1) is 0 Å². The molecule has 0 radical (unpaired) electrons. The fourth-order valence-electron chi connectivity index (χ4n) is 4.24. The molecule has 0 bridgehead atoms. The van der Waals surface area contributed by atoms with Gasteiger partial charge in [-0.05, 0) is 55.3 Å². The van der Waals surface area contributed by atoms with E-state index in [-0.39, 0.29) is 0 Å². The molecule has 0 saturated carbocycles. The average molecular weight is 286 g/mol. The molecule has 1 saturated heterocycles. The summed E-state index contributed by atoms with van der Waals surface area (Å²) in [6, 6.07) is 10.5. The van der Waals surface area contributed by atoms with Gasteiger partial charge in [0.15, 0.2) is 0 Å². The lowest BCUT2D eigenvalue weighted by atomic mass is 9.70. The Labute approximate surface area is 129 Å². The van der Waals surface area contributed by atoms with Gasteiger partial charge in [-0.1, -0.05) is 45.0 Å². The summed E-state index contributed by atoms with van der Waals surface area (Å²) in [5.74, 6) is 0. The second kappa shape index (κ2) is 6.10. The van der Waals surface area contributed by atoms with Crippen LogP contribution in [0.4, 0.5) is 0 Å². The molecule has 2 nitrogen and oxygen atoms in total. The van der Waals surface area contributed by atoms with E-state index in [1.165, 1.54) is 38.8 Å². The summed E-state index contributed by atoms with van der Waals surface area (Å²) < 4.78 is 0. The lowest BCUT2D eigenvalue weighted by Crippen LogP contribution is -2.42. The quantitative estimate of drug-likeness (QED) is 0.904. The zero-order valence-electron chi connectivity index (χ0n) is 13.9. The highest BCUT2D eigenvalue weighted by Gasteiger charge is 2.35. The standard InChI is InChI=1S/C19H30N2/c1-4-21(14-15-8-7-13-20-15)18-11-12-19(2,3)17-10-6-5-9-16(17)18/h5-6,9-10,15,18,20H,4,7-8,11-14H2,1-3H3. The van der Waals surface area contributed by atoms with Crippen LogP contribution in [0.25, 0.3) is 0 Å². The Morgan fingerprint density at radius 3 is 2.76 bits per heavy atom. The second-order valence-corrected chi connectivity index (χ2v) is 7.41. The van der Waals surface area contributed by atoms with E-state index in [4.69, 9.17) is 0 Å². The van der Waals surface area contributed by atoms with Gasteiger partial charge in [0.05, 0.1) is 0 Å². The van der Waals surface area contributed by atoms with Gasteiger partial charge in [0.1, 0.15) is 0 Å². The molecule has 1 aliphatic heterocycles. The molecule has 2 atom stereocenters. The summed E-state index contributed by atoms with van der Waals surface area (Å²) >= 11 is 0. The zero-order valence-corrected chi connectivity index (χ0v) is 13.9. The minimum absolute atomic E-state index is 0.331. The van der Waals surface area contributed by atoms with E-state index in [0.717, 1.165) is 6.54 Å². The van der Waals surface area contributed by atoms with Crippen molar-refractivity contribution in [2.75, 3.05) is 19.6 Å². The molecule has 3 rings (SSSR count). The van der Waals surface area contributed by atoms with E-state index < -0.39 is 0 Å². The van der Waals surface area contributed by atoms with Gasteiger partial charge in [0.25, 0.3) is 0 Å². The smallest absolute Gasteiger partial charge is 0.0351 e. The SMILES string of the molecule is CCN(CC1CCCN1)C1CCC(C)(C)c2ccccc21. The van der Waals surface area contributed by atoms with Gasteiger partial charge >= 0.3 is 0 Å². The maximum atomic E-state index is 3.66. The first kappa shape index (κ1) is 15.1. The Balaban J connectivity index is 1.83. The predicted molar refractivity (Wildman–Crippen MR) is 89.7 cm³/mol. The number of hydrogen-bond donors (Lipinski definition) is 1. The summed E-state index contributed by atoms with van der Waals surface area (Å²) in [6.07, 6.45) is 5.28. The Morgan fingerprint density at radius 2 is 2.05 bits per heavy atom. The van der Waals surface area contributed by atoms with Gasteiger partial charge in [-0.25, -0.2) is 0 Å². The fourth-order valence-corrected chi connectivity index (χ4v) is 4.24. The Bertz CT molecular complexity index is 474. The maximum absolute atomic E-state index is 3.66. The molecule has 21 heavy (non-hydrogen) atoms. The van der Waals surface area contributed by atoms with Crippen molar-refractivity contribution in [3.05, 3.63) is 35.4 Å². The average Bonchev–Trinajstić information content (AvgIpc) is 2.99. The number of nitrogens with one attached hydrogen (secondary N) is 1. The van der Waals surface area contributed by atoms with Crippen LogP contribution in [-0.2, 0) is 5.41 Å². The van der Waals surface area contributed by atoms with Crippen molar-refractivity contribution in [2.45, 2.75) is 64.0 Å². The normalized spacial score (nSPS) is 27.8. The van der Waals surface area contributed by atoms with Crippen molar-refractivity contribution >= 4 is 0 Å². The Morgan fingerprint density at radius 1 is 1.24 bits per heavy atom. The topological polar surface area (TPSA) is 15.3 Å². The van der Waals surface area contributed by atoms with E-state index in [1.54, 1.807) is 11.1 Å². The van der Waals surface area contributed by atoms with E-state index >= 15 is 0 Å². The molecule has 0 aromatic heterocycles. The van der Waals surface area contributed by atoms with Gasteiger partial charge in [-0.3, -0.25) is 4.90 Å². The highest BCUT2D eigenvalue weighted by molar-refractivity contribution is 5.38. The first-order valence-corrected chi connectivity index (χ1v) is 8.68. The number of likely N-dealkylation sites (N-methyl/N-ethyl adjacent to an activating group) is 1. The van der Waals surface area contributed by atoms with Crippen LogP contribution in [0.15, 0.2) is 24.3 Å². The van der Waals surface area contributed by atoms with Gasteiger partial charge < -0.3 is 5.32 Å². The molecular weight excluding hydrogens is 256 g/mol. The summed E-state index contributed by atoms with van der Waals surface area (Å²) in [6.45, 7) is 10.7. The van der Waals surface area contributed by atoms with Gasteiger partial charge in [0.2, 0.25) is 0 Å². The van der Waals surface area contributed by atoms with Crippen LogP contribution < -0.4 is 5.32 Å². The van der Waals surface area contributed by atoms with Crippen LogP contribution >= 0.6 is 0 Å². The first-order chi connectivity index (χ1) is 10.1. The monoisotopic (exact) mass is 286 g/mol. The van der Waals surface area contributed by atoms with E-state index in [0.29, 0.717) is 17.5 Å². The molecular formula is C19H30N2. The first-order valence-electron chi connectivity index (χ1n) is 8.68. The molecule has 1 aromatic rings. The third-order valence-electron chi connectivity index (χ3n) is 5.56. The Kier molecular flexibility index (Phi) is 4.37. The zero-order chi connectivity index (χ0) is 14.9. The van der Waals surface area contributed by atoms with Crippen molar-refractivity contribution in [3.8, 4) is 0 Å². The third-order valence-corrected chi connectivity index (χ3v) is 5.56. The molecule has 2 unspecified atom stereocenters. The van der Waals surface area contributed by atoms with E-state index in [2.05, 4.69) is 55.3 Å². The molecule has 1 heterocycles. The Hall–Kier alpha value is -0.860. The number of nitrogens with zero attached hydrogens (tertiary/aromatic N) is 1. The molecule has 1 aromatic carbocycles. The number of rotatable bonds is 4. The summed E-state index contributed by atoms with van der Waals surface area (Å²) in [4.78, 5) is 2.71. The predicted octanol–water partition coefficient (Wildman–Crippen LogP) is 3.87. The number of benzene rings is 1. The van der Waals surface area contributed by atoms with Crippen molar-refractivity contribution in [1.82, 2.24) is 10.2 Å². The molecule has 2 aliphatic rings. The van der Waals surface area contributed by atoms with Crippen molar-refractivity contribution in [2.24, 2.45) is 0 Å². The van der Waals surface area contributed by atoms with Crippen LogP contribution in [0.1, 0.15) is 63.6 Å². The molecule has 0 spiro atoms. The summed E-state index contributed by atoms with van der Waals surface area (Å²) in [5.41, 5.74) is 3.48. The van der Waals surface area contributed by atoms with Crippen molar-refractivity contribution in [3.63, 3.8) is 0 Å². The number of hydrogen-bond acceptors (Lipinski definition) is 2. The molecule has 1 N–H and O–H groups in total. The van der Waals surface area contributed by atoms with Crippen LogP contribution in [0.3, 0.4) is 0 Å². The van der Waals surface area contributed by atoms with Crippen molar-refractivity contribution < 1.29 is 0 Å². The minimum atomic E-state index is 0.331. The number of fused-ring (bicyclic) bond motifs is 1. The van der Waals surface area contributed by atoms with Gasteiger partial charge in [-0.2, -0.15) is 0 Å². The molecule has 1 aliphatic carbocycles. The largest absolute Gasteiger partial charge is 0.313 e. The highest BCUT2D eigenvalue weighted by atomic mass is 15.2. The third kappa shape index (κ3) is 3.02. The van der Waals surface area contributed by atoms with Crippen LogP contribution in [0.5, 0.6) is 0 Å². The maximum Gasteiger partial charge on any atom is 0.0351 e. The van der Waals surface area contributed by atoms with Crippen molar-refractivity contribution in [1.29, 1.82) is 0 Å². The van der Waals surface area contributed by atoms with Gasteiger partial charge in [0, 0.05) is 18.6 Å². The molecule has 2 heteroatoms. The summed E-state index contributed by atoms with van der Waals surface area (Å²) in [5, 5.41) is 3.66. The molecule has 1 fully saturated rings. The van der Waals surface area contributed by atoms with Crippen LogP contribution in [0, 0.1) is 0 Å². The molecule has 0 amide bonds. The highest BCUT2D eigenvalue weighted by Crippen LogP contribution is 2.43. The summed E-state index contributed by atoms with van der Waals surface area (Å²) in [7, 11) is 0. The second-order valence-electron chi connectivity index (χ2n) is 7.41.